The van der Waals surface area contributed by atoms with Gasteiger partial charge in [0.2, 0.25) is 0 Å². The molecule has 0 saturated carbocycles. The second-order valence-electron chi connectivity index (χ2n) is 3.83. The van der Waals surface area contributed by atoms with Crippen LogP contribution in [0.3, 0.4) is 0 Å². The van der Waals surface area contributed by atoms with Gasteiger partial charge in [0.25, 0.3) is 0 Å². The van der Waals surface area contributed by atoms with E-state index in [1.54, 1.807) is 0 Å². The smallest absolute Gasteiger partial charge is 0.333 e. The van der Waals surface area contributed by atoms with E-state index in [0.29, 0.717) is 25.1 Å². The van der Waals surface area contributed by atoms with Crippen molar-refractivity contribution in [3.8, 4) is 6.07 Å². The van der Waals surface area contributed by atoms with E-state index < -0.39 is 0 Å². The van der Waals surface area contributed by atoms with Gasteiger partial charge in [-0.05, 0) is 20.4 Å². The summed E-state index contributed by atoms with van der Waals surface area (Å²) >= 11 is 0. The number of carbonyl (C=O) groups is 1. The third kappa shape index (κ3) is 5.52. The van der Waals surface area contributed by atoms with Crippen molar-refractivity contribution in [2.45, 2.75) is 20.3 Å². The molecule has 0 radical (unpaired) electrons. The van der Waals surface area contributed by atoms with Crippen LogP contribution in [-0.4, -0.2) is 38.1 Å². The summed E-state index contributed by atoms with van der Waals surface area (Å²) in [6, 6.07) is 2.18. The van der Waals surface area contributed by atoms with E-state index in [1.807, 2.05) is 31.9 Å². The maximum atomic E-state index is 11.3. The Labute approximate surface area is 97.5 Å². The summed E-state index contributed by atoms with van der Waals surface area (Å²) in [5.41, 5.74) is 0.680. The van der Waals surface area contributed by atoms with Gasteiger partial charge in [0, 0.05) is 18.7 Å². The number of likely N-dealkylation sites (N-methyl/N-ethyl adjacent to an activating group) is 1. The third-order valence-corrected chi connectivity index (χ3v) is 2.28. The zero-order valence-electron chi connectivity index (χ0n) is 10.5. The minimum absolute atomic E-state index is 0.00148. The molecule has 0 heterocycles. The number of nitriles is 1. The highest BCUT2D eigenvalue weighted by Gasteiger charge is 2.08. The Morgan fingerprint density at radius 3 is 2.69 bits per heavy atom. The van der Waals surface area contributed by atoms with Crippen LogP contribution >= 0.6 is 0 Å². The summed E-state index contributed by atoms with van der Waals surface area (Å²) in [6.45, 7) is 5.15. The molecular formula is C12H20N2O2. The standard InChI is InChI=1S/C12H20N2O2/c1-5-11(12(15)16-4)6-7-14(3)9-10(2)8-13/h6,10H,5,7,9H2,1-4H3. The van der Waals surface area contributed by atoms with Crippen LogP contribution in [0.4, 0.5) is 0 Å². The molecule has 0 spiro atoms. The molecule has 0 aliphatic heterocycles. The van der Waals surface area contributed by atoms with E-state index in [-0.39, 0.29) is 11.9 Å². The lowest BCUT2D eigenvalue weighted by molar-refractivity contribution is -0.136. The fourth-order valence-electron chi connectivity index (χ4n) is 1.35. The van der Waals surface area contributed by atoms with Crippen molar-refractivity contribution in [2.24, 2.45) is 5.92 Å². The number of esters is 1. The lowest BCUT2D eigenvalue weighted by Gasteiger charge is -2.15. The normalized spacial score (nSPS) is 13.4. The molecule has 1 atom stereocenters. The van der Waals surface area contributed by atoms with Gasteiger partial charge in [-0.1, -0.05) is 13.0 Å². The van der Waals surface area contributed by atoms with Crippen LogP contribution < -0.4 is 0 Å². The fourth-order valence-corrected chi connectivity index (χ4v) is 1.35. The van der Waals surface area contributed by atoms with E-state index in [9.17, 15) is 4.79 Å². The Balaban J connectivity index is 4.23. The molecule has 0 saturated heterocycles. The molecule has 0 amide bonds. The fraction of sp³-hybridized carbons (Fsp3) is 0.667. The number of hydrogen-bond donors (Lipinski definition) is 0. The molecule has 0 aliphatic rings. The van der Waals surface area contributed by atoms with Crippen LogP contribution in [0, 0.1) is 17.2 Å². The van der Waals surface area contributed by atoms with Crippen molar-refractivity contribution >= 4 is 5.97 Å². The maximum absolute atomic E-state index is 11.3. The van der Waals surface area contributed by atoms with Crippen LogP contribution in [0.25, 0.3) is 0 Å². The highest BCUT2D eigenvalue weighted by molar-refractivity contribution is 5.88. The number of hydrogen-bond acceptors (Lipinski definition) is 4. The summed E-state index contributed by atoms with van der Waals surface area (Å²) in [7, 11) is 3.31. The number of rotatable bonds is 6. The van der Waals surface area contributed by atoms with Crippen LogP contribution in [0.1, 0.15) is 20.3 Å². The number of nitrogens with zero attached hydrogens (tertiary/aromatic N) is 2. The lowest BCUT2D eigenvalue weighted by atomic mass is 10.1. The van der Waals surface area contributed by atoms with E-state index in [2.05, 4.69) is 10.8 Å². The Kier molecular flexibility index (Phi) is 7.23. The van der Waals surface area contributed by atoms with E-state index >= 15 is 0 Å². The molecule has 0 rings (SSSR count). The maximum Gasteiger partial charge on any atom is 0.333 e. The highest BCUT2D eigenvalue weighted by atomic mass is 16.5. The van der Waals surface area contributed by atoms with Crippen molar-refractivity contribution < 1.29 is 9.53 Å². The van der Waals surface area contributed by atoms with E-state index in [4.69, 9.17) is 5.26 Å². The van der Waals surface area contributed by atoms with Crippen LogP contribution in [0.2, 0.25) is 0 Å². The van der Waals surface area contributed by atoms with Gasteiger partial charge in [-0.25, -0.2) is 4.79 Å². The monoisotopic (exact) mass is 224 g/mol. The SMILES string of the molecule is CCC(=CCN(C)CC(C)C#N)C(=O)OC. The molecule has 0 N–H and O–H groups in total. The first kappa shape index (κ1) is 14.7. The van der Waals surface area contributed by atoms with Crippen molar-refractivity contribution in [2.75, 3.05) is 27.2 Å². The highest BCUT2D eigenvalue weighted by Crippen LogP contribution is 2.04. The van der Waals surface area contributed by atoms with Crippen LogP contribution in [0.15, 0.2) is 11.6 Å². The largest absolute Gasteiger partial charge is 0.466 e. The lowest BCUT2D eigenvalue weighted by Crippen LogP contribution is -2.24. The van der Waals surface area contributed by atoms with Gasteiger partial charge in [-0.3, -0.25) is 0 Å². The minimum atomic E-state index is -0.274. The summed E-state index contributed by atoms with van der Waals surface area (Å²) in [4.78, 5) is 13.3. The number of methoxy groups -OCH3 is 1. The molecule has 0 aromatic heterocycles. The average Bonchev–Trinajstić information content (AvgIpc) is 2.29. The van der Waals surface area contributed by atoms with Gasteiger partial charge in [0.05, 0.1) is 19.1 Å². The Morgan fingerprint density at radius 1 is 1.62 bits per heavy atom. The molecule has 90 valence electrons. The summed E-state index contributed by atoms with van der Waals surface area (Å²) in [6.07, 6.45) is 2.52. The van der Waals surface area contributed by atoms with Crippen molar-refractivity contribution in [1.82, 2.24) is 4.90 Å². The third-order valence-electron chi connectivity index (χ3n) is 2.28. The molecular weight excluding hydrogens is 204 g/mol. The van der Waals surface area contributed by atoms with E-state index in [1.165, 1.54) is 7.11 Å². The van der Waals surface area contributed by atoms with Gasteiger partial charge < -0.3 is 9.64 Å². The van der Waals surface area contributed by atoms with Gasteiger partial charge in [-0.2, -0.15) is 5.26 Å². The minimum Gasteiger partial charge on any atom is -0.466 e. The molecule has 0 fully saturated rings. The molecule has 0 aromatic carbocycles. The number of carbonyl (C=O) groups excluding carboxylic acids is 1. The van der Waals surface area contributed by atoms with Crippen molar-refractivity contribution in [3.05, 3.63) is 11.6 Å². The zero-order valence-corrected chi connectivity index (χ0v) is 10.5. The topological polar surface area (TPSA) is 53.3 Å². The van der Waals surface area contributed by atoms with Crippen molar-refractivity contribution in [1.29, 1.82) is 5.26 Å². The predicted molar refractivity (Wildman–Crippen MR) is 62.7 cm³/mol. The predicted octanol–water partition coefficient (Wildman–Crippen LogP) is 1.59. The van der Waals surface area contributed by atoms with E-state index in [0.717, 1.165) is 0 Å². The second-order valence-corrected chi connectivity index (χ2v) is 3.83. The zero-order chi connectivity index (χ0) is 12.6. The summed E-state index contributed by atoms with van der Waals surface area (Å²) in [5.74, 6) is -0.272. The average molecular weight is 224 g/mol. The quantitative estimate of drug-likeness (QED) is 0.508. The van der Waals surface area contributed by atoms with Crippen LogP contribution in [0.5, 0.6) is 0 Å². The van der Waals surface area contributed by atoms with Gasteiger partial charge in [0.15, 0.2) is 0 Å². The molecule has 0 bridgehead atoms. The van der Waals surface area contributed by atoms with Crippen molar-refractivity contribution in [3.63, 3.8) is 0 Å². The van der Waals surface area contributed by atoms with Gasteiger partial charge in [0.1, 0.15) is 0 Å². The summed E-state index contributed by atoms with van der Waals surface area (Å²) in [5, 5.41) is 8.67. The Morgan fingerprint density at radius 2 is 2.25 bits per heavy atom. The second kappa shape index (κ2) is 7.89. The molecule has 0 aromatic rings. The molecule has 16 heavy (non-hydrogen) atoms. The van der Waals surface area contributed by atoms with Gasteiger partial charge in [-0.15, -0.1) is 0 Å². The molecule has 4 nitrogen and oxygen atoms in total. The molecule has 0 aliphatic carbocycles. The number of ether oxygens (including phenoxy) is 1. The first-order valence-corrected chi connectivity index (χ1v) is 5.40. The Hall–Kier alpha value is -1.34. The Bertz CT molecular complexity index is 292. The molecule has 1 unspecified atom stereocenters. The summed E-state index contributed by atoms with van der Waals surface area (Å²) < 4.78 is 4.66. The van der Waals surface area contributed by atoms with Crippen LogP contribution in [-0.2, 0) is 9.53 Å². The first-order valence-electron chi connectivity index (χ1n) is 5.40. The van der Waals surface area contributed by atoms with Gasteiger partial charge >= 0.3 is 5.97 Å². The first-order chi connectivity index (χ1) is 7.54. The molecule has 4 heteroatoms.